The van der Waals surface area contributed by atoms with Crippen molar-refractivity contribution in [3.63, 3.8) is 0 Å². The fraction of sp³-hybridized carbons (Fsp3) is 0.455. The zero-order chi connectivity index (χ0) is 11.3. The first-order valence-electron chi connectivity index (χ1n) is 4.74. The minimum Gasteiger partial charge on any atom is -0.413 e. The van der Waals surface area contributed by atoms with E-state index in [1.807, 2.05) is 32.0 Å². The molecule has 0 aliphatic heterocycles. The third-order valence-corrected chi connectivity index (χ3v) is 3.39. The molecule has 0 spiro atoms. The fourth-order valence-electron chi connectivity index (χ4n) is 1.05. The highest BCUT2D eigenvalue weighted by Gasteiger charge is 2.25. The molecular weight excluding hydrogens is 225 g/mol. The number of hydrogen-bond donors (Lipinski definition) is 1. The van der Waals surface area contributed by atoms with Crippen molar-refractivity contribution in [1.29, 1.82) is 0 Å². The standard InChI is InChI=1S/C10H16NO3P.CH4/c1-9(2)11-15(12,13-3)14-10-7-5-4-6-8-10;/h4-9H,1-3H3,(H,11,12);1H4. The van der Waals surface area contributed by atoms with Crippen LogP contribution in [0.25, 0.3) is 0 Å². The fourth-order valence-corrected chi connectivity index (χ4v) is 2.32. The lowest BCUT2D eigenvalue weighted by Gasteiger charge is -2.19. The summed E-state index contributed by atoms with van der Waals surface area (Å²) in [5.41, 5.74) is 0. The quantitative estimate of drug-likeness (QED) is 0.807. The van der Waals surface area contributed by atoms with Crippen LogP contribution in [0.1, 0.15) is 21.3 Å². The van der Waals surface area contributed by atoms with Crippen LogP contribution in [0.2, 0.25) is 0 Å². The summed E-state index contributed by atoms with van der Waals surface area (Å²) < 4.78 is 22.2. The molecule has 0 amide bonds. The summed E-state index contributed by atoms with van der Waals surface area (Å²) in [7, 11) is -1.87. The van der Waals surface area contributed by atoms with Crippen LogP contribution in [0, 0.1) is 0 Å². The lowest BCUT2D eigenvalue weighted by atomic mass is 10.3. The van der Waals surface area contributed by atoms with Gasteiger partial charge in [0.1, 0.15) is 5.75 Å². The first-order valence-corrected chi connectivity index (χ1v) is 6.28. The Bertz CT molecular complexity index is 340. The molecular formula is C11H20NO3P. The smallest absolute Gasteiger partial charge is 0.413 e. The summed E-state index contributed by atoms with van der Waals surface area (Å²) in [5, 5.41) is 2.77. The number of hydrogen-bond acceptors (Lipinski definition) is 3. The molecule has 0 saturated carbocycles. The normalized spacial score (nSPS) is 14.0. The third-order valence-electron chi connectivity index (χ3n) is 1.63. The van der Waals surface area contributed by atoms with Gasteiger partial charge in [0.2, 0.25) is 0 Å². The van der Waals surface area contributed by atoms with E-state index in [0.717, 1.165) is 0 Å². The summed E-state index contributed by atoms with van der Waals surface area (Å²) in [6.07, 6.45) is 0. The average molecular weight is 245 g/mol. The highest BCUT2D eigenvalue weighted by Crippen LogP contribution is 2.43. The van der Waals surface area contributed by atoms with Gasteiger partial charge >= 0.3 is 7.75 Å². The van der Waals surface area contributed by atoms with Crippen molar-refractivity contribution in [3.8, 4) is 5.75 Å². The first-order chi connectivity index (χ1) is 7.06. The Morgan fingerprint density at radius 3 is 2.25 bits per heavy atom. The van der Waals surface area contributed by atoms with Crippen LogP contribution in [0.5, 0.6) is 5.75 Å². The lowest BCUT2D eigenvalue weighted by molar-refractivity contribution is 0.305. The van der Waals surface area contributed by atoms with Gasteiger partial charge in [0.15, 0.2) is 0 Å². The Labute approximate surface area is 97.6 Å². The molecule has 16 heavy (non-hydrogen) atoms. The first kappa shape index (κ1) is 15.2. The van der Waals surface area contributed by atoms with Crippen LogP contribution in [-0.4, -0.2) is 13.2 Å². The van der Waals surface area contributed by atoms with Gasteiger partial charge in [-0.15, -0.1) is 0 Å². The molecule has 1 rings (SSSR count). The van der Waals surface area contributed by atoms with Crippen LogP contribution in [0.15, 0.2) is 30.3 Å². The molecule has 5 heteroatoms. The van der Waals surface area contributed by atoms with Gasteiger partial charge in [-0.2, -0.15) is 0 Å². The summed E-state index contributed by atoms with van der Waals surface area (Å²) in [6.45, 7) is 3.75. The number of nitrogens with one attached hydrogen (secondary N) is 1. The third kappa shape index (κ3) is 4.79. The van der Waals surface area contributed by atoms with E-state index in [4.69, 9.17) is 9.05 Å². The van der Waals surface area contributed by atoms with Crippen molar-refractivity contribution in [2.75, 3.05) is 7.11 Å². The van der Waals surface area contributed by atoms with E-state index in [9.17, 15) is 4.57 Å². The summed E-state index contributed by atoms with van der Waals surface area (Å²) in [5.74, 6) is 0.524. The van der Waals surface area contributed by atoms with E-state index < -0.39 is 7.75 Å². The van der Waals surface area contributed by atoms with Gasteiger partial charge in [-0.3, -0.25) is 4.52 Å². The summed E-state index contributed by atoms with van der Waals surface area (Å²) in [4.78, 5) is 0. The van der Waals surface area contributed by atoms with Gasteiger partial charge in [-0.1, -0.05) is 25.6 Å². The van der Waals surface area contributed by atoms with Gasteiger partial charge in [-0.25, -0.2) is 9.65 Å². The predicted molar refractivity (Wildman–Crippen MR) is 66.7 cm³/mol. The molecule has 1 aromatic carbocycles. The number of benzene rings is 1. The molecule has 0 heterocycles. The molecule has 1 unspecified atom stereocenters. The lowest BCUT2D eigenvalue weighted by Crippen LogP contribution is -2.22. The van der Waals surface area contributed by atoms with Crippen molar-refractivity contribution in [2.45, 2.75) is 27.3 Å². The highest BCUT2D eigenvalue weighted by molar-refractivity contribution is 7.52. The molecule has 4 nitrogen and oxygen atoms in total. The van der Waals surface area contributed by atoms with Crippen molar-refractivity contribution in [2.24, 2.45) is 0 Å². The van der Waals surface area contributed by atoms with Gasteiger partial charge in [0, 0.05) is 13.2 Å². The highest BCUT2D eigenvalue weighted by atomic mass is 31.2. The van der Waals surface area contributed by atoms with Crippen LogP contribution >= 0.6 is 7.75 Å². The Balaban J connectivity index is 0.00000225. The van der Waals surface area contributed by atoms with Crippen molar-refractivity contribution >= 4 is 7.75 Å². The second-order valence-electron chi connectivity index (χ2n) is 3.37. The molecule has 0 aliphatic carbocycles. The maximum atomic E-state index is 12.0. The largest absolute Gasteiger partial charge is 0.458 e. The molecule has 92 valence electrons. The van der Waals surface area contributed by atoms with Crippen LogP contribution in [0.4, 0.5) is 0 Å². The minimum absolute atomic E-state index is 0. The van der Waals surface area contributed by atoms with Crippen molar-refractivity contribution in [3.05, 3.63) is 30.3 Å². The Morgan fingerprint density at radius 2 is 1.81 bits per heavy atom. The second-order valence-corrected chi connectivity index (χ2v) is 5.17. The molecule has 1 aromatic rings. The SMILES string of the molecule is C.COP(=O)(NC(C)C)Oc1ccccc1. The summed E-state index contributed by atoms with van der Waals surface area (Å²) in [6, 6.07) is 8.97. The van der Waals surface area contributed by atoms with Crippen molar-refractivity contribution in [1.82, 2.24) is 5.09 Å². The maximum Gasteiger partial charge on any atom is 0.458 e. The maximum absolute atomic E-state index is 12.0. The molecule has 1 N–H and O–H groups in total. The molecule has 0 aliphatic rings. The van der Waals surface area contributed by atoms with E-state index in [1.54, 1.807) is 12.1 Å². The number of para-hydroxylation sites is 1. The van der Waals surface area contributed by atoms with Crippen molar-refractivity contribution < 1.29 is 13.6 Å². The molecule has 0 bridgehead atoms. The van der Waals surface area contributed by atoms with Crippen LogP contribution < -0.4 is 9.61 Å². The second kappa shape index (κ2) is 6.69. The van der Waals surface area contributed by atoms with E-state index in [-0.39, 0.29) is 13.5 Å². The van der Waals surface area contributed by atoms with E-state index in [0.29, 0.717) is 5.75 Å². The molecule has 0 fully saturated rings. The van der Waals surface area contributed by atoms with Gasteiger partial charge in [-0.05, 0) is 26.0 Å². The minimum atomic E-state index is -3.23. The molecule has 0 radical (unpaired) electrons. The Morgan fingerprint density at radius 1 is 1.25 bits per heavy atom. The van der Waals surface area contributed by atoms with Crippen LogP contribution in [-0.2, 0) is 9.09 Å². The molecule has 0 saturated heterocycles. The van der Waals surface area contributed by atoms with Crippen LogP contribution in [0.3, 0.4) is 0 Å². The molecule has 1 atom stereocenters. The van der Waals surface area contributed by atoms with E-state index in [2.05, 4.69) is 5.09 Å². The Kier molecular flexibility index (Phi) is 6.34. The average Bonchev–Trinajstić information content (AvgIpc) is 2.18. The van der Waals surface area contributed by atoms with Gasteiger partial charge in [0.25, 0.3) is 0 Å². The zero-order valence-corrected chi connectivity index (χ0v) is 10.0. The zero-order valence-electron chi connectivity index (χ0n) is 9.14. The monoisotopic (exact) mass is 245 g/mol. The number of rotatable bonds is 5. The topological polar surface area (TPSA) is 47.6 Å². The predicted octanol–water partition coefficient (Wildman–Crippen LogP) is 3.45. The Hall–Kier alpha value is -0.830. The van der Waals surface area contributed by atoms with Gasteiger partial charge < -0.3 is 4.52 Å². The van der Waals surface area contributed by atoms with Gasteiger partial charge in [0.05, 0.1) is 0 Å². The summed E-state index contributed by atoms with van der Waals surface area (Å²) >= 11 is 0. The van der Waals surface area contributed by atoms with E-state index >= 15 is 0 Å². The molecule has 0 aromatic heterocycles. The van der Waals surface area contributed by atoms with E-state index in [1.165, 1.54) is 7.11 Å².